The Bertz CT molecular complexity index is 676. The topological polar surface area (TPSA) is 72.3 Å². The third kappa shape index (κ3) is 1.85. The molecule has 0 fully saturated rings. The molecule has 0 saturated heterocycles. The number of benzene rings is 1. The lowest BCUT2D eigenvalue weighted by atomic mass is 10.3. The summed E-state index contributed by atoms with van der Waals surface area (Å²) in [6, 6.07) is 7.22. The fraction of sp³-hybridized carbons (Fsp3) is 0. The minimum Gasteiger partial charge on any atom is -0.221 e. The first-order valence-corrected chi connectivity index (χ1v) is 5.74. The minimum absolute atomic E-state index is 0.397. The van der Waals surface area contributed by atoms with Crippen LogP contribution in [0.4, 0.5) is 0 Å². The van der Waals surface area contributed by atoms with Crippen molar-refractivity contribution in [3.63, 3.8) is 0 Å². The van der Waals surface area contributed by atoms with Gasteiger partial charge in [0.25, 0.3) is 0 Å². The van der Waals surface area contributed by atoms with Crippen molar-refractivity contribution in [1.82, 2.24) is 30.4 Å². The zero-order valence-electron chi connectivity index (χ0n) is 8.88. The van der Waals surface area contributed by atoms with E-state index < -0.39 is 0 Å². The van der Waals surface area contributed by atoms with Crippen LogP contribution in [0, 0.1) is 0 Å². The molecule has 0 unspecified atom stereocenters. The molecule has 2 aromatic heterocycles. The quantitative estimate of drug-likeness (QED) is 0.782. The zero-order valence-corrected chi connectivity index (χ0v) is 10.4. The van der Waals surface area contributed by atoms with Crippen LogP contribution >= 0.6 is 23.2 Å². The molecule has 2 heterocycles. The highest BCUT2D eigenvalue weighted by atomic mass is 35.5. The molecule has 0 aliphatic carbocycles. The average molecular weight is 281 g/mol. The van der Waals surface area contributed by atoms with Gasteiger partial charge in [0.05, 0.1) is 17.4 Å². The van der Waals surface area contributed by atoms with Crippen molar-refractivity contribution in [2.45, 2.75) is 0 Å². The van der Waals surface area contributed by atoms with Crippen molar-refractivity contribution in [2.75, 3.05) is 0 Å². The summed E-state index contributed by atoms with van der Waals surface area (Å²) in [7, 11) is 0. The standard InChI is InChI=1S/C10H6Cl2N6/c11-6-2-1-3-7(4-6)18-9(12)8(5-13-18)10-14-16-17-15-10/h1-5H,(H,14,15,16,17). The van der Waals surface area contributed by atoms with Crippen LogP contribution in [0.1, 0.15) is 0 Å². The summed E-state index contributed by atoms with van der Waals surface area (Å²) in [4.78, 5) is 0. The molecule has 18 heavy (non-hydrogen) atoms. The van der Waals surface area contributed by atoms with E-state index in [0.717, 1.165) is 5.69 Å². The van der Waals surface area contributed by atoms with Gasteiger partial charge in [-0.15, -0.1) is 10.2 Å². The van der Waals surface area contributed by atoms with Gasteiger partial charge >= 0.3 is 0 Å². The summed E-state index contributed by atoms with van der Waals surface area (Å²) in [5, 5.41) is 18.8. The van der Waals surface area contributed by atoms with E-state index in [4.69, 9.17) is 23.2 Å². The molecular weight excluding hydrogens is 275 g/mol. The van der Waals surface area contributed by atoms with Crippen LogP contribution in [-0.2, 0) is 0 Å². The van der Waals surface area contributed by atoms with Crippen molar-refractivity contribution >= 4 is 23.2 Å². The van der Waals surface area contributed by atoms with E-state index in [1.54, 1.807) is 23.0 Å². The van der Waals surface area contributed by atoms with Crippen molar-refractivity contribution in [3.8, 4) is 17.1 Å². The maximum absolute atomic E-state index is 6.24. The highest BCUT2D eigenvalue weighted by molar-refractivity contribution is 6.32. The van der Waals surface area contributed by atoms with Crippen LogP contribution in [0.25, 0.3) is 17.1 Å². The molecule has 0 amide bonds. The summed E-state index contributed by atoms with van der Waals surface area (Å²) in [5.74, 6) is 0.397. The molecule has 0 spiro atoms. The molecule has 0 aliphatic rings. The van der Waals surface area contributed by atoms with Crippen LogP contribution < -0.4 is 0 Å². The van der Waals surface area contributed by atoms with Gasteiger partial charge in [-0.2, -0.15) is 10.3 Å². The van der Waals surface area contributed by atoms with Gasteiger partial charge < -0.3 is 0 Å². The number of H-pyrrole nitrogens is 1. The first-order valence-electron chi connectivity index (χ1n) is 4.99. The summed E-state index contributed by atoms with van der Waals surface area (Å²) in [6.45, 7) is 0. The van der Waals surface area contributed by atoms with E-state index in [1.807, 2.05) is 12.1 Å². The third-order valence-electron chi connectivity index (χ3n) is 2.35. The number of rotatable bonds is 2. The first kappa shape index (κ1) is 11.2. The second-order valence-electron chi connectivity index (χ2n) is 3.48. The molecule has 3 aromatic rings. The Morgan fingerprint density at radius 2 is 2.11 bits per heavy atom. The SMILES string of the molecule is Clc1cccc(-n2ncc(-c3nn[nH]n3)c2Cl)c1. The predicted octanol–water partition coefficient (Wildman–Crippen LogP) is 2.36. The van der Waals surface area contributed by atoms with Crippen molar-refractivity contribution < 1.29 is 0 Å². The van der Waals surface area contributed by atoms with Gasteiger partial charge in [-0.25, -0.2) is 4.68 Å². The predicted molar refractivity (Wildman–Crippen MR) is 66.8 cm³/mol. The lowest BCUT2D eigenvalue weighted by Gasteiger charge is -2.03. The molecular formula is C10H6Cl2N6. The smallest absolute Gasteiger partial charge is 0.209 e. The van der Waals surface area contributed by atoms with Crippen LogP contribution in [-0.4, -0.2) is 30.4 Å². The van der Waals surface area contributed by atoms with Crippen molar-refractivity contribution in [1.29, 1.82) is 0 Å². The molecule has 0 aliphatic heterocycles. The molecule has 0 bridgehead atoms. The monoisotopic (exact) mass is 280 g/mol. The summed E-state index contributed by atoms with van der Waals surface area (Å²) in [5.41, 5.74) is 1.37. The van der Waals surface area contributed by atoms with E-state index in [1.165, 1.54) is 0 Å². The molecule has 0 radical (unpaired) electrons. The molecule has 0 atom stereocenters. The van der Waals surface area contributed by atoms with Gasteiger partial charge in [-0.05, 0) is 23.4 Å². The fourth-order valence-electron chi connectivity index (χ4n) is 1.55. The Kier molecular flexibility index (Phi) is 2.73. The number of nitrogens with zero attached hydrogens (tertiary/aromatic N) is 5. The fourth-order valence-corrected chi connectivity index (χ4v) is 2.01. The van der Waals surface area contributed by atoms with Crippen LogP contribution in [0.15, 0.2) is 30.5 Å². The number of halogens is 2. The van der Waals surface area contributed by atoms with Crippen LogP contribution in [0.2, 0.25) is 10.2 Å². The molecule has 1 N–H and O–H groups in total. The number of nitrogens with one attached hydrogen (secondary N) is 1. The maximum Gasteiger partial charge on any atom is 0.209 e. The normalized spacial score (nSPS) is 10.8. The Balaban J connectivity index is 2.10. The van der Waals surface area contributed by atoms with Crippen LogP contribution in [0.3, 0.4) is 0 Å². The van der Waals surface area contributed by atoms with E-state index in [2.05, 4.69) is 25.7 Å². The van der Waals surface area contributed by atoms with E-state index in [-0.39, 0.29) is 0 Å². The highest BCUT2D eigenvalue weighted by Gasteiger charge is 2.15. The Labute approximate surface area is 112 Å². The molecule has 90 valence electrons. The molecule has 0 saturated carbocycles. The van der Waals surface area contributed by atoms with Gasteiger partial charge in [0, 0.05) is 5.02 Å². The minimum atomic E-state index is 0.397. The largest absolute Gasteiger partial charge is 0.221 e. The number of aromatic nitrogens is 6. The second kappa shape index (κ2) is 4.40. The second-order valence-corrected chi connectivity index (χ2v) is 4.27. The first-order chi connectivity index (χ1) is 8.75. The Morgan fingerprint density at radius 3 is 2.83 bits per heavy atom. The van der Waals surface area contributed by atoms with E-state index >= 15 is 0 Å². The zero-order chi connectivity index (χ0) is 12.5. The summed E-state index contributed by atoms with van der Waals surface area (Å²) < 4.78 is 1.55. The summed E-state index contributed by atoms with van der Waals surface area (Å²) in [6.07, 6.45) is 1.58. The Morgan fingerprint density at radius 1 is 1.22 bits per heavy atom. The van der Waals surface area contributed by atoms with Gasteiger partial charge in [-0.3, -0.25) is 0 Å². The van der Waals surface area contributed by atoms with Crippen molar-refractivity contribution in [2.24, 2.45) is 0 Å². The lowest BCUT2D eigenvalue weighted by Crippen LogP contribution is -1.95. The molecule has 3 rings (SSSR count). The highest BCUT2D eigenvalue weighted by Crippen LogP contribution is 2.27. The molecule has 6 nitrogen and oxygen atoms in total. The molecule has 8 heteroatoms. The summed E-state index contributed by atoms with van der Waals surface area (Å²) >= 11 is 12.2. The number of hydrogen-bond donors (Lipinski definition) is 1. The van der Waals surface area contributed by atoms with Gasteiger partial charge in [0.1, 0.15) is 5.15 Å². The average Bonchev–Trinajstić information content (AvgIpc) is 2.97. The van der Waals surface area contributed by atoms with Gasteiger partial charge in [-0.1, -0.05) is 29.3 Å². The number of hydrogen-bond acceptors (Lipinski definition) is 4. The van der Waals surface area contributed by atoms with E-state index in [9.17, 15) is 0 Å². The van der Waals surface area contributed by atoms with Crippen LogP contribution in [0.5, 0.6) is 0 Å². The number of aromatic amines is 1. The van der Waals surface area contributed by atoms with Gasteiger partial charge in [0.2, 0.25) is 5.82 Å². The maximum atomic E-state index is 6.24. The number of tetrazole rings is 1. The molecule has 1 aromatic carbocycles. The lowest BCUT2D eigenvalue weighted by molar-refractivity contribution is 0.881. The van der Waals surface area contributed by atoms with Gasteiger partial charge in [0.15, 0.2) is 0 Å². The van der Waals surface area contributed by atoms with Crippen molar-refractivity contribution in [3.05, 3.63) is 40.6 Å². The third-order valence-corrected chi connectivity index (χ3v) is 2.95. The van der Waals surface area contributed by atoms with E-state index in [0.29, 0.717) is 21.6 Å². The Hall–Kier alpha value is -1.92.